The van der Waals surface area contributed by atoms with Gasteiger partial charge < -0.3 is 15.4 Å². The van der Waals surface area contributed by atoms with Gasteiger partial charge in [-0.25, -0.2) is 4.79 Å². The number of hydrogen-bond donors (Lipinski definition) is 2. The molecule has 0 radical (unpaired) electrons. The predicted octanol–water partition coefficient (Wildman–Crippen LogP) is 1.66. The molecule has 6 nitrogen and oxygen atoms in total. The van der Waals surface area contributed by atoms with Crippen molar-refractivity contribution in [2.45, 2.75) is 38.6 Å². The molecule has 0 aromatic heterocycles. The minimum absolute atomic E-state index is 0.0720. The molecule has 0 saturated heterocycles. The molecule has 0 aliphatic heterocycles. The van der Waals surface area contributed by atoms with E-state index < -0.39 is 12.1 Å². The number of rotatable bonds is 10. The summed E-state index contributed by atoms with van der Waals surface area (Å²) in [7, 11) is 0. The molecule has 0 aromatic carbocycles. The maximum absolute atomic E-state index is 11.7. The zero-order valence-electron chi connectivity index (χ0n) is 12.1. The van der Waals surface area contributed by atoms with Crippen LogP contribution in [0.3, 0.4) is 0 Å². The van der Waals surface area contributed by atoms with Gasteiger partial charge in [0.15, 0.2) is 0 Å². The quantitative estimate of drug-likeness (QED) is 0.473. The van der Waals surface area contributed by atoms with Crippen LogP contribution < -0.4 is 10.6 Å². The summed E-state index contributed by atoms with van der Waals surface area (Å²) in [6, 6.07) is 1.14. The molecule has 114 valence electrons. The number of nitrogens with zero attached hydrogens (tertiary/aromatic N) is 1. The highest BCUT2D eigenvalue weighted by Gasteiger charge is 2.20. The van der Waals surface area contributed by atoms with Crippen LogP contribution in [0.2, 0.25) is 0 Å². The fourth-order valence-corrected chi connectivity index (χ4v) is 2.05. The van der Waals surface area contributed by atoms with Crippen LogP contribution in [0.1, 0.15) is 32.6 Å². The highest BCUT2D eigenvalue weighted by Crippen LogP contribution is 2.01. The third-order valence-electron chi connectivity index (χ3n) is 2.51. The molecule has 2 N–H and O–H groups in total. The van der Waals surface area contributed by atoms with Gasteiger partial charge in [0.25, 0.3) is 0 Å². The van der Waals surface area contributed by atoms with Crippen molar-refractivity contribution in [3.05, 3.63) is 0 Å². The Bertz CT molecular complexity index is 331. The molecule has 0 saturated carbocycles. The fraction of sp³-hybridized carbons (Fsp3) is 0.769. The average Bonchev–Trinajstić information content (AvgIpc) is 2.44. The van der Waals surface area contributed by atoms with Crippen molar-refractivity contribution < 1.29 is 14.3 Å². The molecule has 2 amide bonds. The van der Waals surface area contributed by atoms with Crippen molar-refractivity contribution in [3.8, 4) is 6.07 Å². The summed E-state index contributed by atoms with van der Waals surface area (Å²) in [6.45, 7) is 2.40. The van der Waals surface area contributed by atoms with Gasteiger partial charge in [-0.15, -0.1) is 0 Å². The highest BCUT2D eigenvalue weighted by atomic mass is 32.2. The number of amides is 2. The van der Waals surface area contributed by atoms with Crippen LogP contribution in [0, 0.1) is 11.3 Å². The van der Waals surface area contributed by atoms with Crippen LogP contribution in [0.5, 0.6) is 0 Å². The molecule has 0 heterocycles. The number of carbonyl (C=O) groups is 2. The van der Waals surface area contributed by atoms with Crippen molar-refractivity contribution in [1.82, 2.24) is 10.6 Å². The van der Waals surface area contributed by atoms with E-state index in [4.69, 9.17) is 10.00 Å². The van der Waals surface area contributed by atoms with Gasteiger partial charge in [-0.2, -0.15) is 17.0 Å². The predicted molar refractivity (Wildman–Crippen MR) is 79.4 cm³/mol. The summed E-state index contributed by atoms with van der Waals surface area (Å²) in [6.07, 6.45) is 5.35. The maximum atomic E-state index is 11.7. The molecule has 0 bridgehead atoms. The molecule has 20 heavy (non-hydrogen) atoms. The molecule has 0 aliphatic carbocycles. The third kappa shape index (κ3) is 9.50. The Balaban J connectivity index is 4.01. The van der Waals surface area contributed by atoms with Crippen LogP contribution in [-0.4, -0.2) is 43.2 Å². The molecule has 1 atom stereocenters. The first-order chi connectivity index (χ1) is 9.65. The monoisotopic (exact) mass is 301 g/mol. The highest BCUT2D eigenvalue weighted by molar-refractivity contribution is 7.98. The third-order valence-corrected chi connectivity index (χ3v) is 3.18. The van der Waals surface area contributed by atoms with E-state index >= 15 is 0 Å². The lowest BCUT2D eigenvalue weighted by atomic mass is 10.2. The summed E-state index contributed by atoms with van der Waals surface area (Å²) in [5.74, 6) is 0.0613. The molecule has 0 aromatic rings. The van der Waals surface area contributed by atoms with Gasteiger partial charge in [0, 0.05) is 5.75 Å². The minimum atomic E-state index is -0.679. The largest absolute Gasteiger partial charge is 0.450 e. The zero-order chi connectivity index (χ0) is 15.2. The Morgan fingerprint density at radius 3 is 2.70 bits per heavy atom. The summed E-state index contributed by atoms with van der Waals surface area (Å²) < 4.78 is 5.02. The smallest absolute Gasteiger partial charge is 0.407 e. The zero-order valence-corrected chi connectivity index (χ0v) is 12.9. The number of hydrogen-bond acceptors (Lipinski definition) is 5. The maximum Gasteiger partial charge on any atom is 0.407 e. The Kier molecular flexibility index (Phi) is 11.7. The van der Waals surface area contributed by atoms with Gasteiger partial charge in [-0.1, -0.05) is 26.2 Å². The van der Waals surface area contributed by atoms with Gasteiger partial charge in [-0.3, -0.25) is 4.79 Å². The molecule has 0 fully saturated rings. The van der Waals surface area contributed by atoms with Gasteiger partial charge in [0.05, 0.1) is 12.7 Å². The van der Waals surface area contributed by atoms with Crippen LogP contribution in [0.25, 0.3) is 0 Å². The number of nitriles is 1. The molecule has 0 spiro atoms. The van der Waals surface area contributed by atoms with Crippen molar-refractivity contribution in [3.63, 3.8) is 0 Å². The van der Waals surface area contributed by atoms with Crippen molar-refractivity contribution >= 4 is 23.8 Å². The van der Waals surface area contributed by atoms with Gasteiger partial charge >= 0.3 is 6.09 Å². The fourth-order valence-electron chi connectivity index (χ4n) is 1.48. The summed E-state index contributed by atoms with van der Waals surface area (Å²) >= 11 is 1.43. The van der Waals surface area contributed by atoms with E-state index in [2.05, 4.69) is 17.6 Å². The number of carbonyl (C=O) groups excluding carboxylic acids is 2. The van der Waals surface area contributed by atoms with E-state index in [0.29, 0.717) is 12.4 Å². The van der Waals surface area contributed by atoms with Crippen LogP contribution in [0.15, 0.2) is 0 Å². The molecule has 7 heteroatoms. The lowest BCUT2D eigenvalue weighted by Crippen LogP contribution is -2.48. The Morgan fingerprint density at radius 2 is 2.10 bits per heavy atom. The molecular weight excluding hydrogens is 278 g/mol. The van der Waals surface area contributed by atoms with Crippen molar-refractivity contribution in [2.24, 2.45) is 0 Å². The van der Waals surface area contributed by atoms with Gasteiger partial charge in [0.1, 0.15) is 12.6 Å². The van der Waals surface area contributed by atoms with E-state index in [9.17, 15) is 9.59 Å². The standard InChI is InChI=1S/C13H23N3O3S/c1-3-4-5-6-9-19-13(18)16-11(10-20-2)12(17)15-8-7-14/h11H,3-6,8-10H2,1-2H3,(H,15,17)(H,16,18). The van der Waals surface area contributed by atoms with Gasteiger partial charge in [-0.05, 0) is 12.7 Å². The number of ether oxygens (including phenoxy) is 1. The van der Waals surface area contributed by atoms with Crippen LogP contribution in [-0.2, 0) is 9.53 Å². The van der Waals surface area contributed by atoms with Crippen molar-refractivity contribution in [2.75, 3.05) is 25.2 Å². The van der Waals surface area contributed by atoms with E-state index in [1.165, 1.54) is 11.8 Å². The minimum Gasteiger partial charge on any atom is -0.450 e. The average molecular weight is 301 g/mol. The molecule has 0 aliphatic rings. The second-order valence-corrected chi connectivity index (χ2v) is 5.14. The lowest BCUT2D eigenvalue weighted by molar-refractivity contribution is -0.122. The van der Waals surface area contributed by atoms with Crippen LogP contribution >= 0.6 is 11.8 Å². The number of nitrogens with one attached hydrogen (secondary N) is 2. The molecule has 1 unspecified atom stereocenters. The summed E-state index contributed by atoms with van der Waals surface area (Å²) in [4.78, 5) is 23.2. The Hall–Kier alpha value is -1.42. The number of alkyl carbamates (subject to hydrolysis) is 1. The Morgan fingerprint density at radius 1 is 1.35 bits per heavy atom. The van der Waals surface area contributed by atoms with Gasteiger partial charge in [0.2, 0.25) is 5.91 Å². The summed E-state index contributed by atoms with van der Waals surface area (Å²) in [5, 5.41) is 13.4. The molecule has 0 rings (SSSR count). The Labute approximate surface area is 124 Å². The normalized spacial score (nSPS) is 11.2. The molecular formula is C13H23N3O3S. The second kappa shape index (κ2) is 12.6. The number of unbranched alkanes of at least 4 members (excludes halogenated alkanes) is 3. The second-order valence-electron chi connectivity index (χ2n) is 4.22. The van der Waals surface area contributed by atoms with Crippen LogP contribution in [0.4, 0.5) is 4.79 Å². The van der Waals surface area contributed by atoms with Crippen molar-refractivity contribution in [1.29, 1.82) is 5.26 Å². The number of thioether (sulfide) groups is 1. The first-order valence-electron chi connectivity index (χ1n) is 6.72. The first kappa shape index (κ1) is 18.6. The SMILES string of the molecule is CCCCCCOC(=O)NC(CSC)C(=O)NCC#N. The van der Waals surface area contributed by atoms with E-state index in [1.54, 1.807) is 0 Å². The van der Waals surface area contributed by atoms with E-state index in [1.807, 2.05) is 12.3 Å². The van der Waals surface area contributed by atoms with E-state index in [0.717, 1.165) is 25.7 Å². The summed E-state index contributed by atoms with van der Waals surface area (Å²) in [5.41, 5.74) is 0. The lowest BCUT2D eigenvalue weighted by Gasteiger charge is -2.16. The van der Waals surface area contributed by atoms with E-state index in [-0.39, 0.29) is 12.5 Å². The first-order valence-corrected chi connectivity index (χ1v) is 8.12. The topological polar surface area (TPSA) is 91.2 Å².